The molecule has 2 rings (SSSR count). The van der Waals surface area contributed by atoms with Crippen molar-refractivity contribution in [1.82, 2.24) is 4.90 Å². The summed E-state index contributed by atoms with van der Waals surface area (Å²) in [5, 5.41) is 2.90. The fraction of sp³-hybridized carbons (Fsp3) is 0.588. The summed E-state index contributed by atoms with van der Waals surface area (Å²) < 4.78 is 0. The lowest BCUT2D eigenvalue weighted by Gasteiger charge is -2.33. The summed E-state index contributed by atoms with van der Waals surface area (Å²) in [6.45, 7) is 4.03. The second-order valence-electron chi connectivity index (χ2n) is 5.81. The fourth-order valence-corrected chi connectivity index (χ4v) is 3.11. The predicted molar refractivity (Wildman–Crippen MR) is 88.2 cm³/mol. The molecule has 1 aromatic carbocycles. The van der Waals surface area contributed by atoms with Gasteiger partial charge in [-0.2, -0.15) is 0 Å². The van der Waals surface area contributed by atoms with Gasteiger partial charge in [-0.25, -0.2) is 0 Å². The highest BCUT2D eigenvalue weighted by molar-refractivity contribution is 5.93. The van der Waals surface area contributed by atoms with Crippen LogP contribution < -0.4 is 11.1 Å². The third-order valence-electron chi connectivity index (χ3n) is 4.36. The number of hydrogen-bond acceptors (Lipinski definition) is 3. The highest BCUT2D eigenvalue weighted by atomic mass is 16.1. The number of nitrogens with one attached hydrogen (secondary N) is 1. The van der Waals surface area contributed by atoms with Crippen LogP contribution in [0.3, 0.4) is 0 Å². The van der Waals surface area contributed by atoms with E-state index in [0.717, 1.165) is 13.1 Å². The number of carbonyl (C=O) groups is 1. The van der Waals surface area contributed by atoms with Gasteiger partial charge in [0.1, 0.15) is 0 Å². The van der Waals surface area contributed by atoms with Crippen molar-refractivity contribution >= 4 is 17.3 Å². The summed E-state index contributed by atoms with van der Waals surface area (Å²) in [6.07, 6.45) is 7.10. The third-order valence-corrected chi connectivity index (χ3v) is 4.36. The van der Waals surface area contributed by atoms with E-state index in [4.69, 9.17) is 5.73 Å². The molecule has 0 saturated heterocycles. The van der Waals surface area contributed by atoms with Crippen LogP contribution in [0.1, 0.15) is 45.4 Å². The number of hydrogen-bond donors (Lipinski definition) is 2. The van der Waals surface area contributed by atoms with Crippen LogP contribution in [0, 0.1) is 0 Å². The van der Waals surface area contributed by atoms with Gasteiger partial charge in [0.25, 0.3) is 0 Å². The van der Waals surface area contributed by atoms with Gasteiger partial charge in [-0.3, -0.25) is 4.79 Å². The van der Waals surface area contributed by atoms with E-state index >= 15 is 0 Å². The molecule has 21 heavy (non-hydrogen) atoms. The van der Waals surface area contributed by atoms with E-state index in [1.165, 1.54) is 32.1 Å². The first-order chi connectivity index (χ1) is 10.2. The molecule has 0 unspecified atom stereocenters. The number of nitrogens with two attached hydrogens (primary N) is 1. The van der Waals surface area contributed by atoms with Crippen LogP contribution in [0.15, 0.2) is 24.3 Å². The van der Waals surface area contributed by atoms with Crippen molar-refractivity contribution in [3.05, 3.63) is 24.3 Å². The van der Waals surface area contributed by atoms with E-state index < -0.39 is 0 Å². The maximum absolute atomic E-state index is 12.1. The van der Waals surface area contributed by atoms with Crippen molar-refractivity contribution < 1.29 is 4.79 Å². The number of carbonyl (C=O) groups excluding carboxylic acids is 1. The zero-order chi connectivity index (χ0) is 15.1. The van der Waals surface area contributed by atoms with Gasteiger partial charge in [-0.05, 0) is 31.5 Å². The Morgan fingerprint density at radius 3 is 2.67 bits per heavy atom. The average molecular weight is 289 g/mol. The zero-order valence-electron chi connectivity index (χ0n) is 13.0. The second-order valence-corrected chi connectivity index (χ2v) is 5.81. The van der Waals surface area contributed by atoms with Gasteiger partial charge >= 0.3 is 0 Å². The topological polar surface area (TPSA) is 58.4 Å². The van der Waals surface area contributed by atoms with Crippen LogP contribution in [0.25, 0.3) is 0 Å². The summed E-state index contributed by atoms with van der Waals surface area (Å²) >= 11 is 0. The molecular formula is C17H27N3O. The van der Waals surface area contributed by atoms with E-state index in [1.54, 1.807) is 6.07 Å². The molecular weight excluding hydrogens is 262 g/mol. The van der Waals surface area contributed by atoms with Crippen molar-refractivity contribution in [3.8, 4) is 0 Å². The first-order valence-corrected chi connectivity index (χ1v) is 8.09. The minimum absolute atomic E-state index is 0.0437. The largest absolute Gasteiger partial charge is 0.397 e. The highest BCUT2D eigenvalue weighted by Gasteiger charge is 2.20. The number of nitrogens with zero attached hydrogens (tertiary/aromatic N) is 1. The Kier molecular flexibility index (Phi) is 6.05. The Morgan fingerprint density at radius 1 is 1.29 bits per heavy atom. The Hall–Kier alpha value is -1.55. The van der Waals surface area contributed by atoms with Crippen molar-refractivity contribution in [2.45, 2.75) is 51.5 Å². The smallest absolute Gasteiger partial charge is 0.225 e. The van der Waals surface area contributed by atoms with Gasteiger partial charge < -0.3 is 16.0 Å². The lowest BCUT2D eigenvalue weighted by Crippen LogP contribution is -2.38. The number of rotatable bonds is 6. The van der Waals surface area contributed by atoms with Gasteiger partial charge in [-0.15, -0.1) is 0 Å². The van der Waals surface area contributed by atoms with E-state index in [1.807, 2.05) is 18.2 Å². The molecule has 3 N–H and O–H groups in total. The molecule has 0 radical (unpaired) electrons. The second kappa shape index (κ2) is 8.03. The van der Waals surface area contributed by atoms with Gasteiger partial charge in [0, 0.05) is 19.0 Å². The lowest BCUT2D eigenvalue weighted by atomic mass is 9.94. The van der Waals surface area contributed by atoms with Crippen LogP contribution in [-0.4, -0.2) is 29.9 Å². The number of amides is 1. The monoisotopic (exact) mass is 289 g/mol. The van der Waals surface area contributed by atoms with E-state index in [-0.39, 0.29) is 5.91 Å². The van der Waals surface area contributed by atoms with Crippen LogP contribution in [0.4, 0.5) is 11.4 Å². The normalized spacial score (nSPS) is 16.1. The molecule has 0 heterocycles. The van der Waals surface area contributed by atoms with Crippen molar-refractivity contribution in [2.75, 3.05) is 24.1 Å². The molecule has 1 aliphatic rings. The standard InChI is InChI=1S/C17H27N3O/c1-2-20(14-8-4-3-5-9-14)13-12-17(21)19-16-11-7-6-10-15(16)18/h6-7,10-11,14H,2-5,8-9,12-13,18H2,1H3,(H,19,21). The van der Waals surface area contributed by atoms with Crippen LogP contribution >= 0.6 is 0 Å². The van der Waals surface area contributed by atoms with E-state index in [9.17, 15) is 4.79 Å². The number of benzene rings is 1. The molecule has 116 valence electrons. The summed E-state index contributed by atoms with van der Waals surface area (Å²) in [5.74, 6) is 0.0437. The minimum atomic E-state index is 0.0437. The number of para-hydroxylation sites is 2. The fourth-order valence-electron chi connectivity index (χ4n) is 3.11. The van der Waals surface area contributed by atoms with Gasteiger partial charge in [-0.1, -0.05) is 38.3 Å². The minimum Gasteiger partial charge on any atom is -0.397 e. The van der Waals surface area contributed by atoms with Crippen molar-refractivity contribution in [2.24, 2.45) is 0 Å². The molecule has 1 aromatic rings. The summed E-state index contributed by atoms with van der Waals surface area (Å²) in [4.78, 5) is 14.5. The molecule has 0 atom stereocenters. The van der Waals surface area contributed by atoms with Crippen LogP contribution in [-0.2, 0) is 4.79 Å². The molecule has 0 aromatic heterocycles. The third kappa shape index (κ3) is 4.74. The molecule has 4 heteroatoms. The average Bonchev–Trinajstić information content (AvgIpc) is 2.51. The van der Waals surface area contributed by atoms with Crippen molar-refractivity contribution in [1.29, 1.82) is 0 Å². The number of nitrogen functional groups attached to an aromatic ring is 1. The first-order valence-electron chi connectivity index (χ1n) is 8.09. The Balaban J connectivity index is 1.80. The quantitative estimate of drug-likeness (QED) is 0.790. The van der Waals surface area contributed by atoms with Gasteiger partial charge in [0.05, 0.1) is 11.4 Å². The van der Waals surface area contributed by atoms with Gasteiger partial charge in [0.15, 0.2) is 0 Å². The molecule has 1 aliphatic carbocycles. The van der Waals surface area contributed by atoms with E-state index in [2.05, 4.69) is 17.1 Å². The molecule has 4 nitrogen and oxygen atoms in total. The Morgan fingerprint density at radius 2 is 2.00 bits per heavy atom. The molecule has 1 saturated carbocycles. The lowest BCUT2D eigenvalue weighted by molar-refractivity contribution is -0.116. The zero-order valence-corrected chi connectivity index (χ0v) is 13.0. The summed E-state index contributed by atoms with van der Waals surface area (Å²) in [7, 11) is 0. The van der Waals surface area contributed by atoms with Crippen LogP contribution in [0.5, 0.6) is 0 Å². The molecule has 0 spiro atoms. The number of anilines is 2. The Bertz CT molecular complexity index is 455. The molecule has 1 fully saturated rings. The molecule has 0 bridgehead atoms. The van der Waals surface area contributed by atoms with E-state index in [0.29, 0.717) is 23.8 Å². The summed E-state index contributed by atoms with van der Waals surface area (Å²) in [5.41, 5.74) is 7.17. The van der Waals surface area contributed by atoms with Crippen LogP contribution in [0.2, 0.25) is 0 Å². The molecule has 1 amide bonds. The predicted octanol–water partition coefficient (Wildman–Crippen LogP) is 3.25. The maximum Gasteiger partial charge on any atom is 0.225 e. The van der Waals surface area contributed by atoms with Crippen molar-refractivity contribution in [3.63, 3.8) is 0 Å². The van der Waals surface area contributed by atoms with Gasteiger partial charge in [0.2, 0.25) is 5.91 Å². The molecule has 0 aliphatic heterocycles. The SMILES string of the molecule is CCN(CCC(=O)Nc1ccccc1N)C1CCCCC1. The summed E-state index contributed by atoms with van der Waals surface area (Å²) in [6, 6.07) is 8.06. The first kappa shape index (κ1) is 15.8. The Labute approximate surface area is 127 Å². The highest BCUT2D eigenvalue weighted by Crippen LogP contribution is 2.22. The maximum atomic E-state index is 12.1.